The van der Waals surface area contributed by atoms with Crippen LogP contribution >= 0.6 is 0 Å². The molecular weight excluding hydrogens is 522 g/mol. The Balaban J connectivity index is 1.32. The van der Waals surface area contributed by atoms with E-state index in [1.165, 1.54) is 4.31 Å². The second-order valence-corrected chi connectivity index (χ2v) is 12.5. The second-order valence-electron chi connectivity index (χ2n) is 10.6. The highest BCUT2D eigenvalue weighted by molar-refractivity contribution is 7.94. The average molecular weight is 556 g/mol. The van der Waals surface area contributed by atoms with Gasteiger partial charge in [0.15, 0.2) is 4.91 Å². The first-order valence-electron chi connectivity index (χ1n) is 14.0. The molecule has 7 nitrogen and oxygen atoms in total. The smallest absolute Gasteiger partial charge is 0.249 e. The van der Waals surface area contributed by atoms with Crippen molar-refractivity contribution in [2.24, 2.45) is 0 Å². The van der Waals surface area contributed by atoms with E-state index in [4.69, 9.17) is 0 Å². The van der Waals surface area contributed by atoms with E-state index in [1.807, 2.05) is 41.3 Å². The van der Waals surface area contributed by atoms with Crippen LogP contribution in [-0.4, -0.2) is 73.4 Å². The predicted octanol–water partition coefficient (Wildman–Crippen LogP) is 4.50. The topological polar surface area (TPSA) is 78.0 Å². The van der Waals surface area contributed by atoms with Gasteiger partial charge in [-0.05, 0) is 30.4 Å². The second kappa shape index (κ2) is 11.1. The molecule has 2 aliphatic heterocycles. The highest BCUT2D eigenvalue weighted by atomic mass is 32.2. The Bertz CT molecular complexity index is 1500. The van der Waals surface area contributed by atoms with Gasteiger partial charge < -0.3 is 4.90 Å². The fourth-order valence-electron chi connectivity index (χ4n) is 6.20. The van der Waals surface area contributed by atoms with Gasteiger partial charge in [-0.15, -0.1) is 0 Å². The zero-order valence-electron chi connectivity index (χ0n) is 22.4. The van der Waals surface area contributed by atoms with Crippen LogP contribution in [0.3, 0.4) is 0 Å². The minimum atomic E-state index is -4.21. The van der Waals surface area contributed by atoms with Crippen LogP contribution in [0.4, 0.5) is 0 Å². The van der Waals surface area contributed by atoms with Gasteiger partial charge in [-0.2, -0.15) is 4.31 Å². The number of sulfonamides is 1. The molecule has 0 saturated carbocycles. The summed E-state index contributed by atoms with van der Waals surface area (Å²) in [5.74, 6) is -0.952. The van der Waals surface area contributed by atoms with Gasteiger partial charge >= 0.3 is 0 Å². The number of carbonyl (C=O) groups excluding carboxylic acids is 2. The van der Waals surface area contributed by atoms with Crippen molar-refractivity contribution in [3.63, 3.8) is 0 Å². The molecule has 0 amide bonds. The molecule has 3 aromatic rings. The molecule has 40 heavy (non-hydrogen) atoms. The van der Waals surface area contributed by atoms with Crippen LogP contribution in [-0.2, 0) is 10.0 Å². The van der Waals surface area contributed by atoms with Crippen molar-refractivity contribution in [3.05, 3.63) is 118 Å². The molecule has 206 valence electrons. The third-order valence-corrected chi connectivity index (χ3v) is 10.1. The molecule has 6 rings (SSSR count). The largest absolute Gasteiger partial charge is 0.367 e. The number of hydrogen-bond acceptors (Lipinski definition) is 6. The summed E-state index contributed by atoms with van der Waals surface area (Å²) >= 11 is 0. The predicted molar refractivity (Wildman–Crippen MR) is 154 cm³/mol. The molecule has 8 heteroatoms. The summed E-state index contributed by atoms with van der Waals surface area (Å²) in [4.78, 5) is 31.3. The average Bonchev–Trinajstić information content (AvgIpc) is 3.01. The number of benzene rings is 3. The highest BCUT2D eigenvalue weighted by Crippen LogP contribution is 2.35. The minimum absolute atomic E-state index is 0.0138. The molecule has 3 aromatic carbocycles. The molecule has 0 N–H and O–H groups in total. The van der Waals surface area contributed by atoms with E-state index in [0.29, 0.717) is 26.2 Å². The number of fused-ring (bicyclic) bond motifs is 1. The summed E-state index contributed by atoms with van der Waals surface area (Å²) in [7, 11) is -4.21. The van der Waals surface area contributed by atoms with Gasteiger partial charge in [0.25, 0.3) is 0 Å². The first-order chi connectivity index (χ1) is 19.5. The van der Waals surface area contributed by atoms with Crippen LogP contribution in [0.1, 0.15) is 57.1 Å². The number of Topliss-reactive ketones (excluding diaryl/α,β-unsaturated/α-hetero) is 2. The Kier molecular flexibility index (Phi) is 7.40. The monoisotopic (exact) mass is 555 g/mol. The zero-order chi connectivity index (χ0) is 27.7. The van der Waals surface area contributed by atoms with Gasteiger partial charge in [-0.25, -0.2) is 8.42 Å². The SMILES string of the molecule is O=C1C(N2CCCCC2)=C(S(=O)(=O)N2CCN(C(c3ccccc3)c3ccccc3)CC2)C(=O)c2ccccc21. The van der Waals surface area contributed by atoms with E-state index < -0.39 is 15.8 Å². The van der Waals surface area contributed by atoms with Crippen molar-refractivity contribution in [1.82, 2.24) is 14.1 Å². The molecule has 1 aliphatic carbocycles. The van der Waals surface area contributed by atoms with Crippen LogP contribution in [0.5, 0.6) is 0 Å². The summed E-state index contributed by atoms with van der Waals surface area (Å²) in [5, 5.41) is 0. The van der Waals surface area contributed by atoms with Crippen molar-refractivity contribution in [1.29, 1.82) is 0 Å². The van der Waals surface area contributed by atoms with Crippen LogP contribution in [0.2, 0.25) is 0 Å². The maximum absolute atomic E-state index is 14.2. The van der Waals surface area contributed by atoms with E-state index in [0.717, 1.165) is 30.4 Å². The molecule has 3 aliphatic rings. The first-order valence-corrected chi connectivity index (χ1v) is 15.4. The van der Waals surface area contributed by atoms with Crippen LogP contribution in [0.25, 0.3) is 0 Å². The highest BCUT2D eigenvalue weighted by Gasteiger charge is 2.44. The van der Waals surface area contributed by atoms with E-state index in [-0.39, 0.29) is 46.6 Å². The van der Waals surface area contributed by atoms with Gasteiger partial charge in [0.1, 0.15) is 5.70 Å². The minimum Gasteiger partial charge on any atom is -0.367 e. The molecule has 0 unspecified atom stereocenters. The fraction of sp³-hybridized carbons (Fsp3) is 0.312. The number of piperidine rings is 1. The number of carbonyl (C=O) groups is 2. The lowest BCUT2D eigenvalue weighted by atomic mass is 9.91. The van der Waals surface area contributed by atoms with Crippen molar-refractivity contribution in [2.75, 3.05) is 39.3 Å². The van der Waals surface area contributed by atoms with Gasteiger partial charge in [-0.3, -0.25) is 14.5 Å². The zero-order valence-corrected chi connectivity index (χ0v) is 23.2. The van der Waals surface area contributed by atoms with Crippen molar-refractivity contribution < 1.29 is 18.0 Å². The Morgan fingerprint density at radius 1 is 0.575 bits per heavy atom. The molecule has 2 heterocycles. The fourth-order valence-corrected chi connectivity index (χ4v) is 7.91. The number of rotatable bonds is 6. The van der Waals surface area contributed by atoms with Crippen LogP contribution in [0.15, 0.2) is 95.5 Å². The summed E-state index contributed by atoms with van der Waals surface area (Å²) in [6.45, 7) is 2.60. The van der Waals surface area contributed by atoms with Crippen molar-refractivity contribution in [3.8, 4) is 0 Å². The van der Waals surface area contributed by atoms with E-state index >= 15 is 0 Å². The summed E-state index contributed by atoms with van der Waals surface area (Å²) in [6.07, 6.45) is 2.74. The number of allylic oxidation sites excluding steroid dienone is 2. The molecule has 0 radical (unpaired) electrons. The Morgan fingerprint density at radius 2 is 1.07 bits per heavy atom. The Hall–Kier alpha value is -3.59. The molecule has 2 fully saturated rings. The molecule has 0 atom stereocenters. The Labute approximate surface area is 235 Å². The van der Waals surface area contributed by atoms with Crippen molar-refractivity contribution >= 4 is 21.6 Å². The third kappa shape index (κ3) is 4.80. The summed E-state index contributed by atoms with van der Waals surface area (Å²) in [5.41, 5.74) is 2.79. The number of hydrogen-bond donors (Lipinski definition) is 0. The quantitative estimate of drug-likeness (QED) is 0.446. The van der Waals surface area contributed by atoms with E-state index in [1.54, 1.807) is 24.3 Å². The third-order valence-electron chi connectivity index (χ3n) is 8.19. The molecule has 0 aromatic heterocycles. The lowest BCUT2D eigenvalue weighted by Crippen LogP contribution is -2.51. The lowest BCUT2D eigenvalue weighted by Gasteiger charge is -2.40. The van der Waals surface area contributed by atoms with Crippen LogP contribution < -0.4 is 0 Å². The maximum Gasteiger partial charge on any atom is 0.249 e. The van der Waals surface area contributed by atoms with Gasteiger partial charge in [0.2, 0.25) is 21.6 Å². The maximum atomic E-state index is 14.2. The van der Waals surface area contributed by atoms with Gasteiger partial charge in [0, 0.05) is 50.4 Å². The molecule has 2 saturated heterocycles. The Morgan fingerprint density at radius 3 is 1.62 bits per heavy atom. The standard InChI is InChI=1S/C32H33N3O4S/c36-30-26-16-8-9-17-27(26)31(37)32(29(30)33-18-10-3-11-19-33)40(38,39)35-22-20-34(21-23-35)28(24-12-4-1-5-13-24)25-14-6-2-7-15-25/h1-2,4-9,12-17,28H,3,10-11,18-23H2. The summed E-state index contributed by atoms with van der Waals surface area (Å²) in [6, 6.07) is 27.0. The van der Waals surface area contributed by atoms with Crippen molar-refractivity contribution in [2.45, 2.75) is 25.3 Å². The van der Waals surface area contributed by atoms with E-state index in [2.05, 4.69) is 29.2 Å². The van der Waals surface area contributed by atoms with E-state index in [9.17, 15) is 18.0 Å². The molecule has 0 bridgehead atoms. The number of piperazine rings is 1. The first kappa shape index (κ1) is 26.6. The van der Waals surface area contributed by atoms with Gasteiger partial charge in [0.05, 0.1) is 6.04 Å². The van der Waals surface area contributed by atoms with Crippen LogP contribution in [0, 0.1) is 0 Å². The summed E-state index contributed by atoms with van der Waals surface area (Å²) < 4.78 is 29.8. The number of likely N-dealkylation sites (tertiary alicyclic amines) is 1. The molecule has 0 spiro atoms. The number of nitrogens with zero attached hydrogens (tertiary/aromatic N) is 3. The number of ketones is 2. The normalized spacial score (nSPS) is 19.3. The molecular formula is C32H33N3O4S. The lowest BCUT2D eigenvalue weighted by molar-refractivity contribution is 0.0938. The van der Waals surface area contributed by atoms with Gasteiger partial charge in [-0.1, -0.05) is 84.9 Å².